The predicted octanol–water partition coefficient (Wildman–Crippen LogP) is 2.35. The first-order valence-corrected chi connectivity index (χ1v) is 9.42. The fourth-order valence-electron chi connectivity index (χ4n) is 3.67. The molecule has 1 aromatic rings. The fourth-order valence-corrected chi connectivity index (χ4v) is 3.67. The maximum atomic E-state index is 12.3. The van der Waals surface area contributed by atoms with Crippen LogP contribution in [-0.4, -0.2) is 61.9 Å². The molecule has 2 saturated heterocycles. The lowest BCUT2D eigenvalue weighted by atomic mass is 10.0. The Morgan fingerprint density at radius 3 is 2.60 bits per heavy atom. The third-order valence-electron chi connectivity index (χ3n) is 5.09. The number of rotatable bonds is 5. The minimum absolute atomic E-state index is 0.0735. The van der Waals surface area contributed by atoms with E-state index in [4.69, 9.17) is 4.74 Å². The Kier molecular flexibility index (Phi) is 6.13. The van der Waals surface area contributed by atoms with E-state index in [0.29, 0.717) is 5.92 Å². The Morgan fingerprint density at radius 2 is 1.96 bits per heavy atom. The number of hydrogen-bond donors (Lipinski definition) is 1. The molecule has 6 heteroatoms. The number of aryl methyl sites for hydroxylation is 2. The molecule has 1 atom stereocenters. The third-order valence-corrected chi connectivity index (χ3v) is 5.09. The third kappa shape index (κ3) is 5.08. The van der Waals surface area contributed by atoms with E-state index >= 15 is 0 Å². The molecule has 3 heterocycles. The van der Waals surface area contributed by atoms with Gasteiger partial charge in [-0.1, -0.05) is 0 Å². The van der Waals surface area contributed by atoms with Gasteiger partial charge >= 0.3 is 6.03 Å². The number of amides is 2. The van der Waals surface area contributed by atoms with Crippen molar-refractivity contribution >= 4 is 11.7 Å². The highest BCUT2D eigenvalue weighted by molar-refractivity contribution is 5.74. The summed E-state index contributed by atoms with van der Waals surface area (Å²) in [7, 11) is 0. The normalized spacial score (nSPS) is 20.8. The Morgan fingerprint density at radius 1 is 1.24 bits per heavy atom. The summed E-state index contributed by atoms with van der Waals surface area (Å²) >= 11 is 0. The second-order valence-electron chi connectivity index (χ2n) is 7.19. The zero-order valence-corrected chi connectivity index (χ0v) is 15.5. The van der Waals surface area contributed by atoms with Crippen LogP contribution in [0.4, 0.5) is 10.5 Å². The summed E-state index contributed by atoms with van der Waals surface area (Å²) in [6.45, 7) is 9.88. The topological polar surface area (TPSA) is 57.7 Å². The van der Waals surface area contributed by atoms with Crippen molar-refractivity contribution in [1.82, 2.24) is 15.2 Å². The molecule has 0 unspecified atom stereocenters. The van der Waals surface area contributed by atoms with Crippen molar-refractivity contribution in [1.29, 1.82) is 0 Å². The minimum Gasteiger partial charge on any atom is -0.381 e. The highest BCUT2D eigenvalue weighted by Gasteiger charge is 2.21. The number of hydrogen-bond acceptors (Lipinski definition) is 4. The zero-order valence-electron chi connectivity index (χ0n) is 15.5. The van der Waals surface area contributed by atoms with Gasteiger partial charge in [0.15, 0.2) is 0 Å². The number of carbonyl (C=O) groups excluding carboxylic acids is 1. The molecule has 2 fully saturated rings. The summed E-state index contributed by atoms with van der Waals surface area (Å²) in [6.07, 6.45) is 3.36. The number of aromatic nitrogens is 1. The van der Waals surface area contributed by atoms with E-state index in [1.807, 2.05) is 18.7 Å². The Hall–Kier alpha value is -1.82. The first-order chi connectivity index (χ1) is 12.1. The van der Waals surface area contributed by atoms with Gasteiger partial charge < -0.3 is 19.9 Å². The molecule has 1 N–H and O–H groups in total. The number of nitrogens with one attached hydrogen (secondary N) is 1. The zero-order chi connectivity index (χ0) is 17.6. The standard InChI is InChI=1S/C19H30N4O2/c1-15-12-18(13-16(2)21-15)22-7-9-23(10-8-22)19(24)20-6-3-4-17-5-11-25-14-17/h12-13,17H,3-11,14H2,1-2H3,(H,20,24)/t17-/m0/s1. The summed E-state index contributed by atoms with van der Waals surface area (Å²) in [5.74, 6) is 0.688. The fraction of sp³-hybridized carbons (Fsp3) is 0.684. The van der Waals surface area contributed by atoms with Crippen molar-refractivity contribution in [3.05, 3.63) is 23.5 Å². The molecule has 138 valence electrons. The molecule has 25 heavy (non-hydrogen) atoms. The van der Waals surface area contributed by atoms with Crippen LogP contribution in [0.3, 0.4) is 0 Å². The van der Waals surface area contributed by atoms with Gasteiger partial charge in [-0.25, -0.2) is 4.79 Å². The van der Waals surface area contributed by atoms with Crippen molar-refractivity contribution in [2.24, 2.45) is 5.92 Å². The van der Waals surface area contributed by atoms with Crippen LogP contribution >= 0.6 is 0 Å². The lowest BCUT2D eigenvalue weighted by molar-refractivity contribution is 0.183. The number of piperazine rings is 1. The molecule has 0 spiro atoms. The number of ether oxygens (including phenoxy) is 1. The van der Waals surface area contributed by atoms with Gasteiger partial charge in [0.25, 0.3) is 0 Å². The van der Waals surface area contributed by atoms with E-state index < -0.39 is 0 Å². The number of urea groups is 1. The number of pyridine rings is 1. The summed E-state index contributed by atoms with van der Waals surface area (Å²) < 4.78 is 5.39. The average molecular weight is 346 g/mol. The number of carbonyl (C=O) groups is 1. The van der Waals surface area contributed by atoms with Crippen LogP contribution in [0.25, 0.3) is 0 Å². The van der Waals surface area contributed by atoms with Gasteiger partial charge in [-0.2, -0.15) is 0 Å². The molecule has 0 radical (unpaired) electrons. The highest BCUT2D eigenvalue weighted by atomic mass is 16.5. The van der Waals surface area contributed by atoms with E-state index in [1.54, 1.807) is 0 Å². The van der Waals surface area contributed by atoms with Crippen LogP contribution in [0.2, 0.25) is 0 Å². The monoisotopic (exact) mass is 346 g/mol. The smallest absolute Gasteiger partial charge is 0.317 e. The van der Waals surface area contributed by atoms with Crippen LogP contribution in [0.1, 0.15) is 30.7 Å². The average Bonchev–Trinajstić information content (AvgIpc) is 3.11. The predicted molar refractivity (Wildman–Crippen MR) is 99.1 cm³/mol. The Balaban J connectivity index is 1.38. The molecule has 2 amide bonds. The molecule has 6 nitrogen and oxygen atoms in total. The SMILES string of the molecule is Cc1cc(N2CCN(C(=O)NCCC[C@H]3CCOC3)CC2)cc(C)n1. The van der Waals surface area contributed by atoms with E-state index in [0.717, 1.165) is 70.2 Å². The first kappa shape index (κ1) is 18.0. The van der Waals surface area contributed by atoms with Gasteiger partial charge in [0.2, 0.25) is 0 Å². The second kappa shape index (κ2) is 8.52. The van der Waals surface area contributed by atoms with Gasteiger partial charge in [-0.15, -0.1) is 0 Å². The van der Waals surface area contributed by atoms with Gasteiger partial charge in [-0.05, 0) is 51.2 Å². The minimum atomic E-state index is 0.0735. The molecule has 0 aliphatic carbocycles. The Bertz CT molecular complexity index is 559. The molecular formula is C19H30N4O2. The second-order valence-corrected chi connectivity index (χ2v) is 7.19. The van der Waals surface area contributed by atoms with Crippen LogP contribution in [0.5, 0.6) is 0 Å². The van der Waals surface area contributed by atoms with Gasteiger partial charge in [0, 0.05) is 63.0 Å². The van der Waals surface area contributed by atoms with Gasteiger partial charge in [0.05, 0.1) is 0 Å². The molecule has 1 aromatic heterocycles. The molecular weight excluding hydrogens is 316 g/mol. The molecule has 0 bridgehead atoms. The van der Waals surface area contributed by atoms with Crippen molar-refractivity contribution in [2.45, 2.75) is 33.1 Å². The summed E-state index contributed by atoms with van der Waals surface area (Å²) in [5.41, 5.74) is 3.30. The van der Waals surface area contributed by atoms with Crippen LogP contribution in [-0.2, 0) is 4.74 Å². The molecule has 3 rings (SSSR count). The maximum Gasteiger partial charge on any atom is 0.317 e. The van der Waals surface area contributed by atoms with E-state index in [1.165, 1.54) is 12.1 Å². The first-order valence-electron chi connectivity index (χ1n) is 9.42. The summed E-state index contributed by atoms with van der Waals surface area (Å²) in [5, 5.41) is 3.07. The van der Waals surface area contributed by atoms with E-state index in [2.05, 4.69) is 27.3 Å². The van der Waals surface area contributed by atoms with Gasteiger partial charge in [-0.3, -0.25) is 4.98 Å². The van der Waals surface area contributed by atoms with Crippen molar-refractivity contribution in [2.75, 3.05) is 50.8 Å². The lowest BCUT2D eigenvalue weighted by Crippen LogP contribution is -2.52. The highest BCUT2D eigenvalue weighted by Crippen LogP contribution is 2.19. The molecule has 2 aliphatic heterocycles. The lowest BCUT2D eigenvalue weighted by Gasteiger charge is -2.36. The Labute approximate surface area is 150 Å². The van der Waals surface area contributed by atoms with Gasteiger partial charge in [0.1, 0.15) is 0 Å². The molecule has 0 saturated carbocycles. The van der Waals surface area contributed by atoms with E-state index in [9.17, 15) is 4.79 Å². The summed E-state index contributed by atoms with van der Waals surface area (Å²) in [4.78, 5) is 21.0. The quantitative estimate of drug-likeness (QED) is 0.832. The molecule has 0 aromatic carbocycles. The largest absolute Gasteiger partial charge is 0.381 e. The number of anilines is 1. The maximum absolute atomic E-state index is 12.3. The van der Waals surface area contributed by atoms with E-state index in [-0.39, 0.29) is 6.03 Å². The van der Waals surface area contributed by atoms with Crippen molar-refractivity contribution in [3.8, 4) is 0 Å². The van der Waals surface area contributed by atoms with Crippen LogP contribution in [0.15, 0.2) is 12.1 Å². The molecule has 2 aliphatic rings. The van der Waals surface area contributed by atoms with Crippen LogP contribution < -0.4 is 10.2 Å². The number of nitrogens with zero attached hydrogens (tertiary/aromatic N) is 3. The van der Waals surface area contributed by atoms with Crippen molar-refractivity contribution < 1.29 is 9.53 Å². The summed E-state index contributed by atoms with van der Waals surface area (Å²) in [6, 6.07) is 4.31. The van der Waals surface area contributed by atoms with Crippen LogP contribution in [0, 0.1) is 19.8 Å². The van der Waals surface area contributed by atoms with Crippen molar-refractivity contribution in [3.63, 3.8) is 0 Å².